The molecule has 158 valence electrons. The first-order valence-electron chi connectivity index (χ1n) is 10.9. The van der Waals surface area contributed by atoms with Gasteiger partial charge in [0.1, 0.15) is 17.2 Å². The summed E-state index contributed by atoms with van der Waals surface area (Å²) in [4.78, 5) is 14.6. The molecule has 2 aliphatic rings. The topological polar surface area (TPSA) is 54.7 Å². The average Bonchev–Trinajstić information content (AvgIpc) is 3.05. The maximum Gasteiger partial charge on any atom is 0.317 e. The highest BCUT2D eigenvalue weighted by molar-refractivity contribution is 5.82. The Hall–Kier alpha value is -2.08. The molecule has 1 saturated heterocycles. The largest absolute Gasteiger partial charge is 0.459 e. The van der Waals surface area contributed by atoms with Gasteiger partial charge in [-0.25, -0.2) is 9.18 Å². The number of furan rings is 1. The van der Waals surface area contributed by atoms with Crippen LogP contribution < -0.4 is 5.32 Å². The van der Waals surface area contributed by atoms with E-state index in [0.717, 1.165) is 23.8 Å². The fourth-order valence-corrected chi connectivity index (χ4v) is 4.64. The van der Waals surface area contributed by atoms with Crippen molar-refractivity contribution in [3.05, 3.63) is 35.3 Å². The molecule has 4 rings (SSSR count). The number of rotatable bonds is 4. The molecule has 1 saturated carbocycles. The maximum atomic E-state index is 13.5. The van der Waals surface area contributed by atoms with Gasteiger partial charge in [0.25, 0.3) is 0 Å². The van der Waals surface area contributed by atoms with Gasteiger partial charge in [-0.15, -0.1) is 0 Å². The molecule has 0 radical (unpaired) electrons. The van der Waals surface area contributed by atoms with Crippen LogP contribution in [-0.4, -0.2) is 36.2 Å². The van der Waals surface area contributed by atoms with E-state index in [1.807, 2.05) is 18.7 Å². The summed E-state index contributed by atoms with van der Waals surface area (Å²) < 4.78 is 25.7. The van der Waals surface area contributed by atoms with Crippen molar-refractivity contribution in [3.63, 3.8) is 0 Å². The summed E-state index contributed by atoms with van der Waals surface area (Å²) in [5.74, 6) is 0.387. The first kappa shape index (κ1) is 20.2. The quantitative estimate of drug-likeness (QED) is 0.738. The van der Waals surface area contributed by atoms with Crippen LogP contribution in [0.2, 0.25) is 0 Å². The lowest BCUT2D eigenvalue weighted by molar-refractivity contribution is -0.0515. The van der Waals surface area contributed by atoms with Gasteiger partial charge >= 0.3 is 6.03 Å². The lowest BCUT2D eigenvalue weighted by Crippen LogP contribution is -2.47. The first-order valence-corrected chi connectivity index (χ1v) is 10.9. The molecular formula is C23H31FN2O3. The van der Waals surface area contributed by atoms with Gasteiger partial charge in [-0.3, -0.25) is 0 Å². The number of fused-ring (bicyclic) bond motifs is 1. The van der Waals surface area contributed by atoms with E-state index < -0.39 is 0 Å². The third-order valence-electron chi connectivity index (χ3n) is 6.33. The molecule has 0 bridgehead atoms. The Labute approximate surface area is 171 Å². The highest BCUT2D eigenvalue weighted by Crippen LogP contribution is 2.30. The molecule has 5 nitrogen and oxygen atoms in total. The van der Waals surface area contributed by atoms with E-state index >= 15 is 0 Å². The van der Waals surface area contributed by atoms with Gasteiger partial charge in [0.05, 0.1) is 18.2 Å². The van der Waals surface area contributed by atoms with Gasteiger partial charge < -0.3 is 19.4 Å². The number of hydrogen-bond acceptors (Lipinski definition) is 3. The molecule has 1 unspecified atom stereocenters. The summed E-state index contributed by atoms with van der Waals surface area (Å²) in [5.41, 5.74) is 1.51. The molecule has 1 aliphatic carbocycles. The number of halogens is 1. The number of ether oxygens (including phenoxy) is 1. The molecule has 1 aromatic carbocycles. The van der Waals surface area contributed by atoms with Crippen LogP contribution in [0.5, 0.6) is 0 Å². The van der Waals surface area contributed by atoms with E-state index in [0.29, 0.717) is 30.5 Å². The van der Waals surface area contributed by atoms with Crippen LogP contribution >= 0.6 is 0 Å². The van der Waals surface area contributed by atoms with Gasteiger partial charge in [0, 0.05) is 24.0 Å². The van der Waals surface area contributed by atoms with E-state index in [2.05, 4.69) is 5.32 Å². The van der Waals surface area contributed by atoms with Gasteiger partial charge in [0.15, 0.2) is 0 Å². The monoisotopic (exact) mass is 402 g/mol. The molecular weight excluding hydrogens is 371 g/mol. The normalized spacial score (nSPS) is 20.2. The summed E-state index contributed by atoms with van der Waals surface area (Å²) in [6.45, 7) is 5.22. The zero-order valence-corrected chi connectivity index (χ0v) is 17.4. The maximum absolute atomic E-state index is 13.5. The van der Waals surface area contributed by atoms with Crippen molar-refractivity contribution in [2.75, 3.05) is 13.1 Å². The van der Waals surface area contributed by atoms with Gasteiger partial charge in [0.2, 0.25) is 0 Å². The van der Waals surface area contributed by atoms with Crippen molar-refractivity contribution in [1.29, 1.82) is 0 Å². The van der Waals surface area contributed by atoms with Crippen molar-refractivity contribution < 1.29 is 18.3 Å². The number of carbonyl (C=O) groups excluding carboxylic acids is 1. The zero-order valence-electron chi connectivity index (χ0n) is 17.4. The summed E-state index contributed by atoms with van der Waals surface area (Å²) >= 11 is 0. The fourth-order valence-electron chi connectivity index (χ4n) is 4.64. The minimum absolute atomic E-state index is 0.0837. The molecule has 1 aliphatic heterocycles. The van der Waals surface area contributed by atoms with Gasteiger partial charge in [-0.05, 0) is 57.7 Å². The molecule has 1 aromatic heterocycles. The molecule has 2 aromatic rings. The number of piperidine rings is 1. The average molecular weight is 403 g/mol. The highest BCUT2D eigenvalue weighted by atomic mass is 19.1. The van der Waals surface area contributed by atoms with Crippen molar-refractivity contribution in [3.8, 4) is 0 Å². The van der Waals surface area contributed by atoms with Crippen molar-refractivity contribution in [1.82, 2.24) is 10.2 Å². The molecule has 1 atom stereocenters. The summed E-state index contributed by atoms with van der Waals surface area (Å²) in [5, 5.41) is 3.79. The third-order valence-corrected chi connectivity index (χ3v) is 6.33. The van der Waals surface area contributed by atoms with E-state index in [-0.39, 0.29) is 24.0 Å². The Morgan fingerprint density at radius 1 is 1.17 bits per heavy atom. The van der Waals surface area contributed by atoms with Crippen LogP contribution in [0, 0.1) is 12.7 Å². The van der Waals surface area contributed by atoms with E-state index in [9.17, 15) is 9.18 Å². The number of nitrogens with one attached hydrogen (secondary N) is 1. The first-order chi connectivity index (χ1) is 14.0. The van der Waals surface area contributed by atoms with Gasteiger partial charge in [-0.1, -0.05) is 19.3 Å². The summed E-state index contributed by atoms with van der Waals surface area (Å²) in [6, 6.07) is 4.13. The number of nitrogens with zero attached hydrogens (tertiary/aromatic N) is 1. The molecule has 2 amide bonds. The number of urea groups is 1. The van der Waals surface area contributed by atoms with Crippen LogP contribution in [0.15, 0.2) is 22.6 Å². The van der Waals surface area contributed by atoms with Crippen LogP contribution in [0.4, 0.5) is 9.18 Å². The van der Waals surface area contributed by atoms with Crippen LogP contribution in [0.25, 0.3) is 11.0 Å². The Morgan fingerprint density at radius 3 is 2.59 bits per heavy atom. The number of amides is 2. The second kappa shape index (κ2) is 8.74. The number of carbonyl (C=O) groups is 1. The van der Waals surface area contributed by atoms with Crippen molar-refractivity contribution >= 4 is 17.0 Å². The third kappa shape index (κ3) is 4.58. The second-order valence-electron chi connectivity index (χ2n) is 8.49. The Balaban J connectivity index is 1.31. The second-order valence-corrected chi connectivity index (χ2v) is 8.49. The molecule has 2 fully saturated rings. The molecule has 29 heavy (non-hydrogen) atoms. The number of likely N-dealkylation sites (tertiary alicyclic amines) is 1. The Kier molecular flexibility index (Phi) is 6.09. The predicted octanol–water partition coefficient (Wildman–Crippen LogP) is 5.46. The zero-order chi connectivity index (χ0) is 20.4. The van der Waals surface area contributed by atoms with Crippen LogP contribution in [-0.2, 0) is 4.74 Å². The van der Waals surface area contributed by atoms with Crippen LogP contribution in [0.1, 0.15) is 69.2 Å². The number of benzene rings is 1. The van der Waals surface area contributed by atoms with Crippen molar-refractivity contribution in [2.24, 2.45) is 0 Å². The standard InChI is InChI=1S/C23H31FN2O3/c1-15-20-14-17(24)8-9-21(20)29-22(15)16(2)25-23(27)26-12-10-19(11-13-26)28-18-6-4-3-5-7-18/h8-9,14,16,18-19H,3-7,10-13H2,1-2H3,(H,25,27). The number of aryl methyl sites for hydroxylation is 1. The molecule has 2 heterocycles. The summed E-state index contributed by atoms with van der Waals surface area (Å²) in [6.07, 6.45) is 8.70. The lowest BCUT2D eigenvalue weighted by atomic mass is 9.97. The minimum Gasteiger partial charge on any atom is -0.459 e. The SMILES string of the molecule is Cc1c(C(C)NC(=O)N2CCC(OC3CCCCC3)CC2)oc2ccc(F)cc12. The lowest BCUT2D eigenvalue weighted by Gasteiger charge is -2.35. The van der Waals surface area contributed by atoms with E-state index in [1.54, 1.807) is 6.07 Å². The Bertz CT molecular complexity index is 851. The van der Waals surface area contributed by atoms with Crippen molar-refractivity contribution in [2.45, 2.75) is 77.0 Å². The van der Waals surface area contributed by atoms with Gasteiger partial charge in [-0.2, -0.15) is 0 Å². The summed E-state index contributed by atoms with van der Waals surface area (Å²) in [7, 11) is 0. The fraction of sp³-hybridized carbons (Fsp3) is 0.609. The minimum atomic E-state index is -0.289. The van der Waals surface area contributed by atoms with E-state index in [4.69, 9.17) is 9.15 Å². The van der Waals surface area contributed by atoms with Crippen LogP contribution in [0.3, 0.4) is 0 Å². The molecule has 1 N–H and O–H groups in total. The smallest absolute Gasteiger partial charge is 0.317 e. The predicted molar refractivity (Wildman–Crippen MR) is 110 cm³/mol. The highest BCUT2D eigenvalue weighted by Gasteiger charge is 2.27. The molecule has 6 heteroatoms. The van der Waals surface area contributed by atoms with E-state index in [1.165, 1.54) is 44.2 Å². The molecule has 0 spiro atoms. The number of hydrogen-bond donors (Lipinski definition) is 1. The Morgan fingerprint density at radius 2 is 1.86 bits per heavy atom.